The lowest BCUT2D eigenvalue weighted by molar-refractivity contribution is 0.104. The number of aromatic nitrogens is 2. The van der Waals surface area contributed by atoms with Gasteiger partial charge in [0.25, 0.3) is 0 Å². The third-order valence-corrected chi connectivity index (χ3v) is 4.50. The van der Waals surface area contributed by atoms with E-state index in [4.69, 9.17) is 4.74 Å². The van der Waals surface area contributed by atoms with Crippen molar-refractivity contribution >= 4 is 11.9 Å². The second-order valence-electron chi connectivity index (χ2n) is 6.30. The van der Waals surface area contributed by atoms with Gasteiger partial charge < -0.3 is 4.74 Å². The van der Waals surface area contributed by atoms with Crippen LogP contribution in [0.3, 0.4) is 0 Å². The molecular formula is C22H22N2O2. The molecule has 1 heterocycles. The smallest absolute Gasteiger partial charge is 0.185 e. The minimum absolute atomic E-state index is 0.0541. The molecule has 3 rings (SSSR count). The highest BCUT2D eigenvalue weighted by Crippen LogP contribution is 2.22. The fraction of sp³-hybridized carbons (Fsp3) is 0.182. The Labute approximate surface area is 153 Å². The normalized spacial score (nSPS) is 11.1. The summed E-state index contributed by atoms with van der Waals surface area (Å²) in [4.78, 5) is 12.3. The van der Waals surface area contributed by atoms with Gasteiger partial charge in [-0.05, 0) is 73.5 Å². The molecule has 0 N–H and O–H groups in total. The summed E-state index contributed by atoms with van der Waals surface area (Å²) >= 11 is 0. The molecule has 0 fully saturated rings. The molecule has 26 heavy (non-hydrogen) atoms. The van der Waals surface area contributed by atoms with E-state index in [0.717, 1.165) is 22.7 Å². The molecule has 0 radical (unpaired) electrons. The van der Waals surface area contributed by atoms with Gasteiger partial charge in [0.05, 0.1) is 18.5 Å². The lowest BCUT2D eigenvalue weighted by Crippen LogP contribution is -1.96. The van der Waals surface area contributed by atoms with Gasteiger partial charge in [0, 0.05) is 18.2 Å². The van der Waals surface area contributed by atoms with Crippen LogP contribution in [0.25, 0.3) is 17.3 Å². The zero-order valence-corrected chi connectivity index (χ0v) is 15.5. The van der Waals surface area contributed by atoms with Crippen LogP contribution in [0.4, 0.5) is 0 Å². The monoisotopic (exact) mass is 346 g/mol. The van der Waals surface area contributed by atoms with Gasteiger partial charge in [-0.3, -0.25) is 9.48 Å². The quantitative estimate of drug-likeness (QED) is 0.500. The maximum absolute atomic E-state index is 12.3. The number of nitrogens with zero attached hydrogens (tertiary/aromatic N) is 2. The summed E-state index contributed by atoms with van der Waals surface area (Å²) in [7, 11) is 3.48. The van der Waals surface area contributed by atoms with Crippen molar-refractivity contribution in [3.05, 3.63) is 77.0 Å². The van der Waals surface area contributed by atoms with E-state index >= 15 is 0 Å². The lowest BCUT2D eigenvalue weighted by Gasteiger charge is -2.02. The molecule has 4 nitrogen and oxygen atoms in total. The number of benzene rings is 2. The van der Waals surface area contributed by atoms with Crippen LogP contribution in [0.15, 0.2) is 54.6 Å². The van der Waals surface area contributed by atoms with Crippen molar-refractivity contribution in [2.24, 2.45) is 7.05 Å². The van der Waals surface area contributed by atoms with Crippen LogP contribution < -0.4 is 4.74 Å². The first-order valence-electron chi connectivity index (χ1n) is 8.46. The Morgan fingerprint density at radius 3 is 2.42 bits per heavy atom. The first-order chi connectivity index (χ1) is 12.5. The number of carbonyl (C=O) groups excluding carboxylic acids is 1. The Kier molecular flexibility index (Phi) is 5.03. The second-order valence-corrected chi connectivity index (χ2v) is 6.30. The van der Waals surface area contributed by atoms with E-state index in [1.165, 1.54) is 11.1 Å². The van der Waals surface area contributed by atoms with Gasteiger partial charge in [0.15, 0.2) is 5.78 Å². The third-order valence-electron chi connectivity index (χ3n) is 4.50. The van der Waals surface area contributed by atoms with Crippen LogP contribution in [0.2, 0.25) is 0 Å². The van der Waals surface area contributed by atoms with Gasteiger partial charge in [-0.1, -0.05) is 12.1 Å². The molecule has 2 aromatic carbocycles. The first-order valence-corrected chi connectivity index (χ1v) is 8.46. The fourth-order valence-electron chi connectivity index (χ4n) is 2.69. The molecule has 0 aliphatic carbocycles. The predicted molar refractivity (Wildman–Crippen MR) is 104 cm³/mol. The number of ketones is 1. The summed E-state index contributed by atoms with van der Waals surface area (Å²) in [5.74, 6) is 0.678. The van der Waals surface area contributed by atoms with Gasteiger partial charge in [-0.25, -0.2) is 0 Å². The molecule has 3 aromatic rings. The number of rotatable bonds is 5. The summed E-state index contributed by atoms with van der Waals surface area (Å²) < 4.78 is 6.89. The Hall–Kier alpha value is -3.14. The van der Waals surface area contributed by atoms with Crippen LogP contribution in [0.1, 0.15) is 27.2 Å². The number of carbonyl (C=O) groups is 1. The predicted octanol–water partition coefficient (Wildman–Crippen LogP) is 4.61. The topological polar surface area (TPSA) is 44.1 Å². The Morgan fingerprint density at radius 2 is 1.77 bits per heavy atom. The van der Waals surface area contributed by atoms with Gasteiger partial charge in [-0.2, -0.15) is 5.10 Å². The molecule has 132 valence electrons. The van der Waals surface area contributed by atoms with E-state index in [9.17, 15) is 4.79 Å². The van der Waals surface area contributed by atoms with E-state index in [1.54, 1.807) is 48.2 Å². The Morgan fingerprint density at radius 1 is 1.04 bits per heavy atom. The van der Waals surface area contributed by atoms with Gasteiger partial charge in [0.2, 0.25) is 0 Å². The van der Waals surface area contributed by atoms with Crippen molar-refractivity contribution in [1.29, 1.82) is 0 Å². The maximum Gasteiger partial charge on any atom is 0.185 e. The Balaban J connectivity index is 1.81. The SMILES string of the molecule is COc1ccc(C(=O)/C=C/c2cc(-c3ccc(C)c(C)c3)nn2C)cc1. The number of methoxy groups -OCH3 is 1. The Bertz CT molecular complexity index is 966. The van der Waals surface area contributed by atoms with E-state index in [2.05, 4.69) is 37.1 Å². The van der Waals surface area contributed by atoms with E-state index in [-0.39, 0.29) is 5.78 Å². The van der Waals surface area contributed by atoms with Gasteiger partial charge >= 0.3 is 0 Å². The molecule has 0 spiro atoms. The van der Waals surface area contributed by atoms with Gasteiger partial charge in [0.1, 0.15) is 5.75 Å². The summed E-state index contributed by atoms with van der Waals surface area (Å²) in [5.41, 5.74) is 5.96. The molecule has 0 saturated carbocycles. The second kappa shape index (κ2) is 7.40. The highest BCUT2D eigenvalue weighted by atomic mass is 16.5. The average Bonchev–Trinajstić information content (AvgIpc) is 3.02. The van der Waals surface area contributed by atoms with E-state index < -0.39 is 0 Å². The summed E-state index contributed by atoms with van der Waals surface area (Å²) in [6.45, 7) is 4.19. The number of hydrogen-bond donors (Lipinski definition) is 0. The van der Waals surface area contributed by atoms with Crippen LogP contribution in [0.5, 0.6) is 5.75 Å². The highest BCUT2D eigenvalue weighted by molar-refractivity contribution is 6.06. The molecule has 0 atom stereocenters. The highest BCUT2D eigenvalue weighted by Gasteiger charge is 2.08. The fourth-order valence-corrected chi connectivity index (χ4v) is 2.69. The molecule has 0 bridgehead atoms. The maximum atomic E-state index is 12.3. The van der Waals surface area contributed by atoms with Crippen molar-refractivity contribution in [3.63, 3.8) is 0 Å². The van der Waals surface area contributed by atoms with E-state index in [0.29, 0.717) is 5.56 Å². The molecule has 1 aromatic heterocycles. The molecule has 4 heteroatoms. The summed E-state index contributed by atoms with van der Waals surface area (Å²) in [6, 6.07) is 15.4. The molecular weight excluding hydrogens is 324 g/mol. The van der Waals surface area contributed by atoms with Crippen molar-refractivity contribution in [3.8, 4) is 17.0 Å². The average molecular weight is 346 g/mol. The molecule has 0 aliphatic rings. The molecule has 0 amide bonds. The standard InChI is InChI=1S/C22H22N2O2/c1-15-5-6-18(13-16(15)2)21-14-19(24(3)23-21)9-12-22(25)17-7-10-20(26-4)11-8-17/h5-14H,1-4H3/b12-9+. The van der Waals surface area contributed by atoms with Crippen LogP contribution in [-0.2, 0) is 7.05 Å². The third kappa shape index (κ3) is 3.75. The van der Waals surface area contributed by atoms with Crippen LogP contribution >= 0.6 is 0 Å². The number of hydrogen-bond acceptors (Lipinski definition) is 3. The largest absolute Gasteiger partial charge is 0.497 e. The lowest BCUT2D eigenvalue weighted by atomic mass is 10.0. The van der Waals surface area contributed by atoms with Crippen molar-refractivity contribution in [2.75, 3.05) is 7.11 Å². The zero-order valence-electron chi connectivity index (χ0n) is 15.5. The minimum atomic E-state index is -0.0541. The molecule has 0 saturated heterocycles. The number of aryl methyl sites for hydroxylation is 3. The molecule has 0 unspecified atom stereocenters. The van der Waals surface area contributed by atoms with Crippen LogP contribution in [0, 0.1) is 13.8 Å². The van der Waals surface area contributed by atoms with E-state index in [1.807, 2.05) is 13.1 Å². The van der Waals surface area contributed by atoms with Gasteiger partial charge in [-0.15, -0.1) is 0 Å². The summed E-state index contributed by atoms with van der Waals surface area (Å²) in [5, 5.41) is 4.56. The number of ether oxygens (including phenoxy) is 1. The first kappa shape index (κ1) is 17.7. The van der Waals surface area contributed by atoms with Crippen molar-refractivity contribution in [2.45, 2.75) is 13.8 Å². The van der Waals surface area contributed by atoms with Crippen molar-refractivity contribution < 1.29 is 9.53 Å². The minimum Gasteiger partial charge on any atom is -0.497 e. The van der Waals surface area contributed by atoms with Crippen molar-refractivity contribution in [1.82, 2.24) is 9.78 Å². The molecule has 0 aliphatic heterocycles. The van der Waals surface area contributed by atoms with Crippen LogP contribution in [-0.4, -0.2) is 22.7 Å². The number of allylic oxidation sites excluding steroid dienone is 1. The zero-order chi connectivity index (χ0) is 18.7. The summed E-state index contributed by atoms with van der Waals surface area (Å²) in [6.07, 6.45) is 3.37.